The highest BCUT2D eigenvalue weighted by Gasteiger charge is 2.29. The number of benzene rings is 3. The molecule has 29 heavy (non-hydrogen) atoms. The Hall–Kier alpha value is -2.95. The molecule has 144 valence electrons. The SMILES string of the molecule is C[n+]1c2c3c(cccc3c3ccc(CN4CCOCC4)cc31)Oc1ccccc1-2. The first-order valence-electron chi connectivity index (χ1n) is 10.2. The number of hydrogen-bond donors (Lipinski definition) is 0. The number of aromatic nitrogens is 1. The van der Waals surface area contributed by atoms with Gasteiger partial charge in [0, 0.05) is 31.1 Å². The lowest BCUT2D eigenvalue weighted by molar-refractivity contribution is -0.632. The number of fused-ring (bicyclic) bond motifs is 4. The largest absolute Gasteiger partial charge is 0.456 e. The molecule has 0 spiro atoms. The minimum atomic E-state index is 0.829. The summed E-state index contributed by atoms with van der Waals surface area (Å²) in [6.07, 6.45) is 0. The van der Waals surface area contributed by atoms with E-state index in [4.69, 9.17) is 9.47 Å². The van der Waals surface area contributed by atoms with Crippen LogP contribution in [0.5, 0.6) is 11.5 Å². The average Bonchev–Trinajstić information content (AvgIpc) is 2.77. The Kier molecular flexibility index (Phi) is 3.83. The molecule has 0 amide bonds. The van der Waals surface area contributed by atoms with Gasteiger partial charge in [-0.1, -0.05) is 30.3 Å². The van der Waals surface area contributed by atoms with Gasteiger partial charge < -0.3 is 9.47 Å². The van der Waals surface area contributed by atoms with E-state index in [2.05, 4.69) is 71.1 Å². The van der Waals surface area contributed by atoms with Gasteiger partial charge in [-0.25, -0.2) is 0 Å². The van der Waals surface area contributed by atoms with Crippen LogP contribution in [-0.4, -0.2) is 31.2 Å². The highest BCUT2D eigenvalue weighted by atomic mass is 16.5. The number of pyridine rings is 1. The summed E-state index contributed by atoms with van der Waals surface area (Å²) in [4.78, 5) is 2.47. The number of hydrogen-bond acceptors (Lipinski definition) is 3. The van der Waals surface area contributed by atoms with Crippen molar-refractivity contribution in [2.24, 2.45) is 7.05 Å². The topological polar surface area (TPSA) is 25.6 Å². The first-order chi connectivity index (χ1) is 14.3. The molecule has 1 fully saturated rings. The number of ether oxygens (including phenoxy) is 2. The quantitative estimate of drug-likeness (QED) is 0.333. The van der Waals surface area contributed by atoms with Crippen LogP contribution in [0.4, 0.5) is 0 Å². The Morgan fingerprint density at radius 3 is 2.62 bits per heavy atom. The minimum absolute atomic E-state index is 0.829. The van der Waals surface area contributed by atoms with Crippen molar-refractivity contribution in [2.75, 3.05) is 26.3 Å². The lowest BCUT2D eigenvalue weighted by Gasteiger charge is -2.26. The fourth-order valence-electron chi connectivity index (χ4n) is 4.76. The standard InChI is InChI=1S/C25H23N2O2/c1-26-21-15-17(16-27-11-13-28-14-12-27)9-10-18(21)19-6-4-8-23-24(19)25(26)20-5-2-3-7-22(20)29-23/h2-10,15H,11-14,16H2,1H3/q+1. The van der Waals surface area contributed by atoms with Gasteiger partial charge in [-0.3, -0.25) is 4.90 Å². The summed E-state index contributed by atoms with van der Waals surface area (Å²) in [5.74, 6) is 1.86. The Bertz CT molecular complexity index is 1260. The maximum Gasteiger partial charge on any atom is 0.228 e. The van der Waals surface area contributed by atoms with Gasteiger partial charge in [0.25, 0.3) is 0 Å². The Morgan fingerprint density at radius 1 is 0.897 bits per heavy atom. The molecule has 3 heterocycles. The fourth-order valence-corrected chi connectivity index (χ4v) is 4.76. The molecule has 1 aromatic heterocycles. The van der Waals surface area contributed by atoms with E-state index in [1.165, 1.54) is 32.9 Å². The third-order valence-electron chi connectivity index (χ3n) is 6.18. The van der Waals surface area contributed by atoms with Crippen LogP contribution in [0.1, 0.15) is 5.56 Å². The summed E-state index contributed by atoms with van der Waals surface area (Å²) in [7, 11) is 2.18. The van der Waals surface area contributed by atoms with E-state index < -0.39 is 0 Å². The van der Waals surface area contributed by atoms with Crippen molar-refractivity contribution in [3.05, 3.63) is 66.2 Å². The van der Waals surface area contributed by atoms with Gasteiger partial charge in [-0.15, -0.1) is 0 Å². The second-order valence-electron chi connectivity index (χ2n) is 7.92. The van der Waals surface area contributed by atoms with Crippen LogP contribution in [-0.2, 0) is 18.3 Å². The van der Waals surface area contributed by atoms with E-state index in [-0.39, 0.29) is 0 Å². The second-order valence-corrected chi connectivity index (χ2v) is 7.92. The predicted octanol–water partition coefficient (Wildman–Crippen LogP) is 4.42. The number of rotatable bonds is 2. The van der Waals surface area contributed by atoms with Crippen LogP contribution < -0.4 is 9.30 Å². The first-order valence-corrected chi connectivity index (χ1v) is 10.2. The van der Waals surface area contributed by atoms with Crippen molar-refractivity contribution in [1.82, 2.24) is 4.90 Å². The van der Waals surface area contributed by atoms with E-state index in [1.807, 2.05) is 6.07 Å². The first kappa shape index (κ1) is 17.0. The molecular weight excluding hydrogens is 360 g/mol. The molecule has 0 aliphatic carbocycles. The third kappa shape index (κ3) is 2.64. The third-order valence-corrected chi connectivity index (χ3v) is 6.18. The molecule has 3 aromatic carbocycles. The van der Waals surface area contributed by atoms with Crippen molar-refractivity contribution < 1.29 is 14.0 Å². The van der Waals surface area contributed by atoms with Crippen LogP contribution in [0.25, 0.3) is 32.9 Å². The van der Waals surface area contributed by atoms with Crippen LogP contribution in [0, 0.1) is 0 Å². The number of morpholine rings is 1. The molecule has 0 radical (unpaired) electrons. The van der Waals surface area contributed by atoms with Gasteiger partial charge in [-0.05, 0) is 29.8 Å². The molecular formula is C25H23N2O2+. The van der Waals surface area contributed by atoms with Crippen molar-refractivity contribution in [1.29, 1.82) is 0 Å². The molecule has 2 aliphatic heterocycles. The summed E-state index contributed by atoms with van der Waals surface area (Å²) in [6, 6.07) is 21.6. The van der Waals surface area contributed by atoms with Gasteiger partial charge in [-0.2, -0.15) is 4.57 Å². The number of para-hydroxylation sites is 1. The van der Waals surface area contributed by atoms with Crippen molar-refractivity contribution in [3.8, 4) is 22.8 Å². The summed E-state index contributed by atoms with van der Waals surface area (Å²) in [5.41, 5.74) is 4.98. The highest BCUT2D eigenvalue weighted by Crippen LogP contribution is 2.46. The maximum absolute atomic E-state index is 6.25. The molecule has 6 rings (SSSR count). The van der Waals surface area contributed by atoms with E-state index in [1.54, 1.807) is 0 Å². The van der Waals surface area contributed by atoms with Crippen molar-refractivity contribution in [3.63, 3.8) is 0 Å². The van der Waals surface area contributed by atoms with Crippen molar-refractivity contribution in [2.45, 2.75) is 6.54 Å². The molecule has 0 N–H and O–H groups in total. The van der Waals surface area contributed by atoms with Gasteiger partial charge in [0.15, 0.2) is 0 Å². The zero-order valence-corrected chi connectivity index (χ0v) is 16.5. The molecule has 0 atom stereocenters. The maximum atomic E-state index is 6.25. The van der Waals surface area contributed by atoms with Crippen LogP contribution >= 0.6 is 0 Å². The van der Waals surface area contributed by atoms with Crippen LogP contribution in [0.15, 0.2) is 60.7 Å². The average molecular weight is 383 g/mol. The van der Waals surface area contributed by atoms with E-state index in [0.717, 1.165) is 49.9 Å². The van der Waals surface area contributed by atoms with Gasteiger partial charge in [0.1, 0.15) is 18.5 Å². The van der Waals surface area contributed by atoms with Gasteiger partial charge >= 0.3 is 0 Å². The molecule has 0 saturated carbocycles. The number of nitrogens with zero attached hydrogens (tertiary/aromatic N) is 2. The van der Waals surface area contributed by atoms with E-state index in [0.29, 0.717) is 0 Å². The van der Waals surface area contributed by atoms with E-state index in [9.17, 15) is 0 Å². The van der Waals surface area contributed by atoms with Crippen LogP contribution in [0.2, 0.25) is 0 Å². The molecule has 4 nitrogen and oxygen atoms in total. The summed E-state index contributed by atoms with van der Waals surface area (Å²) in [5, 5.41) is 3.71. The van der Waals surface area contributed by atoms with E-state index >= 15 is 0 Å². The number of aryl methyl sites for hydroxylation is 1. The molecule has 1 saturated heterocycles. The zero-order chi connectivity index (χ0) is 19.4. The van der Waals surface area contributed by atoms with Gasteiger partial charge in [0.2, 0.25) is 11.2 Å². The smallest absolute Gasteiger partial charge is 0.228 e. The molecule has 2 aliphatic rings. The molecule has 0 unspecified atom stereocenters. The lowest BCUT2D eigenvalue weighted by atomic mass is 9.95. The minimum Gasteiger partial charge on any atom is -0.456 e. The van der Waals surface area contributed by atoms with Gasteiger partial charge in [0.05, 0.1) is 29.5 Å². The summed E-state index contributed by atoms with van der Waals surface area (Å²) >= 11 is 0. The Balaban J connectivity index is 1.59. The lowest BCUT2D eigenvalue weighted by Crippen LogP contribution is -2.36. The molecule has 4 aromatic rings. The van der Waals surface area contributed by atoms with Crippen molar-refractivity contribution >= 4 is 21.7 Å². The fraction of sp³-hybridized carbons (Fsp3) is 0.240. The second kappa shape index (κ2) is 6.55. The zero-order valence-electron chi connectivity index (χ0n) is 16.5. The van der Waals surface area contributed by atoms with Crippen LogP contribution in [0.3, 0.4) is 0 Å². The molecule has 0 bridgehead atoms. The normalized spacial score (nSPS) is 16.0. The monoisotopic (exact) mass is 383 g/mol. The summed E-state index contributed by atoms with van der Waals surface area (Å²) < 4.78 is 14.1. The Morgan fingerprint density at radius 2 is 1.72 bits per heavy atom. The summed E-state index contributed by atoms with van der Waals surface area (Å²) in [6.45, 7) is 4.63. The predicted molar refractivity (Wildman–Crippen MR) is 114 cm³/mol. The highest BCUT2D eigenvalue weighted by molar-refractivity contribution is 6.12. The molecule has 4 heteroatoms. The Labute approximate surface area is 169 Å².